The molecule has 0 bridgehead atoms. The van der Waals surface area contributed by atoms with E-state index in [9.17, 15) is 13.2 Å². The smallest absolute Gasteiger partial charge is 0.313 e. The van der Waals surface area contributed by atoms with Gasteiger partial charge >= 0.3 is 6.18 Å². The minimum atomic E-state index is -4.05. The van der Waals surface area contributed by atoms with Gasteiger partial charge in [-0.1, -0.05) is 26.2 Å². The molecule has 1 rings (SSSR count). The molecule has 1 saturated carbocycles. The summed E-state index contributed by atoms with van der Waals surface area (Å²) in [5.74, 6) is 0.627. The van der Waals surface area contributed by atoms with Crippen LogP contribution in [-0.2, 0) is 0 Å². The molecule has 0 aliphatic heterocycles. The molecule has 0 radical (unpaired) electrons. The predicted octanol–water partition coefficient (Wildman–Crippen LogP) is 3.43. The topological polar surface area (TPSA) is 15.3 Å². The first-order chi connectivity index (χ1) is 8.92. The summed E-state index contributed by atoms with van der Waals surface area (Å²) >= 11 is 0. The summed E-state index contributed by atoms with van der Waals surface area (Å²) in [6.45, 7) is 3.76. The molecule has 5 heteroatoms. The Bertz CT molecular complexity index is 237. The van der Waals surface area contributed by atoms with Crippen molar-refractivity contribution in [1.82, 2.24) is 10.2 Å². The van der Waals surface area contributed by atoms with Crippen molar-refractivity contribution in [3.05, 3.63) is 0 Å². The Morgan fingerprint density at radius 1 is 1.21 bits per heavy atom. The summed E-state index contributed by atoms with van der Waals surface area (Å²) in [6.07, 6.45) is 1.49. The van der Waals surface area contributed by atoms with E-state index < -0.39 is 12.6 Å². The van der Waals surface area contributed by atoms with Crippen molar-refractivity contribution >= 4 is 0 Å². The summed E-state index contributed by atoms with van der Waals surface area (Å²) in [5, 5.41) is 3.46. The Hall–Kier alpha value is -0.290. The van der Waals surface area contributed by atoms with Crippen LogP contribution in [0.5, 0.6) is 0 Å². The lowest BCUT2D eigenvalue weighted by atomic mass is 9.83. The van der Waals surface area contributed by atoms with Gasteiger partial charge < -0.3 is 10.2 Å². The summed E-state index contributed by atoms with van der Waals surface area (Å²) < 4.78 is 36.6. The van der Waals surface area contributed by atoms with Crippen LogP contribution in [0, 0.1) is 5.92 Å². The molecule has 0 aromatic heterocycles. The number of nitrogens with one attached hydrogen (secondary N) is 1. The predicted molar refractivity (Wildman–Crippen MR) is 72.2 cm³/mol. The third kappa shape index (κ3) is 7.16. The van der Waals surface area contributed by atoms with Gasteiger partial charge in [-0.15, -0.1) is 0 Å². The molecule has 1 N–H and O–H groups in total. The molecule has 0 heterocycles. The Morgan fingerprint density at radius 3 is 2.37 bits per heavy atom. The van der Waals surface area contributed by atoms with Gasteiger partial charge in [-0.2, -0.15) is 13.2 Å². The zero-order chi connectivity index (χ0) is 14.3. The molecule has 1 aliphatic carbocycles. The zero-order valence-corrected chi connectivity index (χ0v) is 12.1. The van der Waals surface area contributed by atoms with Crippen LogP contribution in [0.4, 0.5) is 13.2 Å². The molecule has 1 aliphatic rings. The lowest BCUT2D eigenvalue weighted by Crippen LogP contribution is -2.45. The van der Waals surface area contributed by atoms with Crippen molar-refractivity contribution in [2.45, 2.75) is 57.7 Å². The number of nitrogens with zero attached hydrogens (tertiary/aromatic N) is 1. The van der Waals surface area contributed by atoms with Crippen molar-refractivity contribution in [3.63, 3.8) is 0 Å². The van der Waals surface area contributed by atoms with Gasteiger partial charge in [0.1, 0.15) is 0 Å². The number of rotatable bonds is 7. The van der Waals surface area contributed by atoms with Crippen LogP contribution in [-0.4, -0.2) is 43.8 Å². The van der Waals surface area contributed by atoms with Gasteiger partial charge in [-0.05, 0) is 32.4 Å². The minimum absolute atomic E-state index is 0.0954. The lowest BCUT2D eigenvalue weighted by molar-refractivity contribution is -0.137. The maximum Gasteiger partial charge on any atom is 0.390 e. The standard InChI is InChI=1S/C14H27F3N2/c1-3-18-13(12-7-5-4-6-8-12)11-19(2)10-9-14(15,16)17/h12-13,18H,3-11H2,1-2H3. The zero-order valence-electron chi connectivity index (χ0n) is 12.1. The van der Waals surface area contributed by atoms with Gasteiger partial charge in [0.05, 0.1) is 6.42 Å². The number of hydrogen-bond acceptors (Lipinski definition) is 2. The second-order valence-electron chi connectivity index (χ2n) is 5.69. The molecule has 19 heavy (non-hydrogen) atoms. The Labute approximate surface area is 114 Å². The largest absolute Gasteiger partial charge is 0.390 e. The van der Waals surface area contributed by atoms with Gasteiger partial charge in [-0.3, -0.25) is 0 Å². The Kier molecular flexibility index (Phi) is 7.15. The molecule has 1 fully saturated rings. The maximum absolute atomic E-state index is 12.2. The molecule has 0 aromatic rings. The molecule has 1 unspecified atom stereocenters. The number of halogens is 3. The number of hydrogen-bond donors (Lipinski definition) is 1. The fraction of sp³-hybridized carbons (Fsp3) is 1.00. The maximum atomic E-state index is 12.2. The van der Waals surface area contributed by atoms with E-state index in [0.29, 0.717) is 18.5 Å². The molecule has 0 spiro atoms. The Morgan fingerprint density at radius 2 is 1.84 bits per heavy atom. The van der Waals surface area contributed by atoms with Gasteiger partial charge in [0.2, 0.25) is 0 Å². The normalized spacial score (nSPS) is 19.9. The number of likely N-dealkylation sites (N-methyl/N-ethyl adjacent to an activating group) is 2. The molecule has 0 amide bonds. The summed E-state index contributed by atoms with van der Waals surface area (Å²) in [5.41, 5.74) is 0. The average molecular weight is 280 g/mol. The van der Waals surface area contributed by atoms with Gasteiger partial charge in [-0.25, -0.2) is 0 Å². The highest BCUT2D eigenvalue weighted by Crippen LogP contribution is 2.27. The first-order valence-electron chi connectivity index (χ1n) is 7.41. The quantitative estimate of drug-likeness (QED) is 0.768. The van der Waals surface area contributed by atoms with Crippen molar-refractivity contribution in [3.8, 4) is 0 Å². The molecule has 0 aromatic carbocycles. The molecular formula is C14H27F3N2. The second-order valence-corrected chi connectivity index (χ2v) is 5.69. The molecular weight excluding hydrogens is 253 g/mol. The summed E-state index contributed by atoms with van der Waals surface area (Å²) in [6, 6.07) is 0.337. The van der Waals surface area contributed by atoms with Crippen molar-refractivity contribution in [2.24, 2.45) is 5.92 Å². The fourth-order valence-corrected chi connectivity index (χ4v) is 2.92. The number of alkyl halides is 3. The summed E-state index contributed by atoms with van der Waals surface area (Å²) in [7, 11) is 1.79. The van der Waals surface area contributed by atoms with E-state index in [1.807, 2.05) is 4.90 Å². The first-order valence-corrected chi connectivity index (χ1v) is 7.41. The van der Waals surface area contributed by atoms with E-state index in [0.717, 1.165) is 6.54 Å². The van der Waals surface area contributed by atoms with Crippen LogP contribution in [0.3, 0.4) is 0 Å². The average Bonchev–Trinajstić information content (AvgIpc) is 2.36. The van der Waals surface area contributed by atoms with E-state index in [4.69, 9.17) is 0 Å². The van der Waals surface area contributed by atoms with Gasteiger partial charge in [0.25, 0.3) is 0 Å². The van der Waals surface area contributed by atoms with Crippen molar-refractivity contribution in [1.29, 1.82) is 0 Å². The van der Waals surface area contributed by atoms with E-state index >= 15 is 0 Å². The van der Waals surface area contributed by atoms with Crippen LogP contribution in [0.1, 0.15) is 45.4 Å². The molecule has 1 atom stereocenters. The van der Waals surface area contributed by atoms with Crippen LogP contribution in [0.2, 0.25) is 0 Å². The van der Waals surface area contributed by atoms with Crippen LogP contribution in [0.15, 0.2) is 0 Å². The van der Waals surface area contributed by atoms with Crippen molar-refractivity contribution < 1.29 is 13.2 Å². The highest BCUT2D eigenvalue weighted by Gasteiger charge is 2.28. The summed E-state index contributed by atoms with van der Waals surface area (Å²) in [4.78, 5) is 1.81. The lowest BCUT2D eigenvalue weighted by Gasteiger charge is -2.33. The van der Waals surface area contributed by atoms with Gasteiger partial charge in [0.15, 0.2) is 0 Å². The van der Waals surface area contributed by atoms with E-state index in [-0.39, 0.29) is 6.54 Å². The third-order valence-electron chi connectivity index (χ3n) is 3.97. The van der Waals surface area contributed by atoms with Crippen LogP contribution in [0.25, 0.3) is 0 Å². The third-order valence-corrected chi connectivity index (χ3v) is 3.97. The molecule has 2 nitrogen and oxygen atoms in total. The minimum Gasteiger partial charge on any atom is -0.313 e. The highest BCUT2D eigenvalue weighted by molar-refractivity contribution is 4.81. The SMILES string of the molecule is CCNC(CN(C)CCC(F)(F)F)C1CCCCC1. The van der Waals surface area contributed by atoms with Gasteiger partial charge in [0, 0.05) is 19.1 Å². The van der Waals surface area contributed by atoms with Crippen molar-refractivity contribution in [2.75, 3.05) is 26.7 Å². The highest BCUT2D eigenvalue weighted by atomic mass is 19.4. The van der Waals surface area contributed by atoms with Crippen LogP contribution < -0.4 is 5.32 Å². The first kappa shape index (κ1) is 16.8. The monoisotopic (exact) mass is 280 g/mol. The van der Waals surface area contributed by atoms with E-state index in [2.05, 4.69) is 12.2 Å². The molecule has 0 saturated heterocycles. The van der Waals surface area contributed by atoms with E-state index in [1.54, 1.807) is 7.05 Å². The fourth-order valence-electron chi connectivity index (χ4n) is 2.92. The molecule has 114 valence electrons. The van der Waals surface area contributed by atoms with E-state index in [1.165, 1.54) is 32.1 Å². The second kappa shape index (κ2) is 8.10. The Balaban J connectivity index is 2.38. The van der Waals surface area contributed by atoms with Crippen LogP contribution >= 0.6 is 0 Å².